The fourth-order valence-corrected chi connectivity index (χ4v) is 9.91. The number of hydrogen-bond donors (Lipinski definition) is 2. The fraction of sp³-hybridized carbons (Fsp3) is 0.647. The molecule has 0 saturated heterocycles. The second-order valence-corrected chi connectivity index (χ2v) is 16.8. The SMILES string of the molecule is COc1cc2c(cc1C[Se]c1cc(C(C)(C)C)c(O)c(C(C)(C)C)c1)[C@H]1CC[C@]3(C)[C@H](O)CC[C@H]3[C@@H]1CC2. The Hall–Kier alpha value is -1.48. The number of benzene rings is 2. The van der Waals surface area contributed by atoms with Crippen molar-refractivity contribution in [1.29, 1.82) is 0 Å². The molecule has 3 aliphatic rings. The normalized spacial score (nSPS) is 29.0. The molecule has 0 bridgehead atoms. The molecular weight excluding hydrogens is 535 g/mol. The average Bonchev–Trinajstić information content (AvgIpc) is 3.15. The van der Waals surface area contributed by atoms with Crippen LogP contribution in [-0.2, 0) is 22.6 Å². The number of aromatic hydroxyl groups is 1. The standard InChI is InChI=1S/C34H48O3Se/c1-32(2,3)27-17-22(18-28(31(27)36)33(4,5)6)38-19-21-15-25-20(16-29(21)37-8)9-10-24-23(25)13-14-34(7)26(24)11-12-30(34)35/h15-18,23-24,26,30,35-36H,9-14,19H2,1-8H3/t23-,24+,26-,30+,34-/m0/s1. The number of aliphatic hydroxyl groups excluding tert-OH is 1. The maximum atomic E-state index is 11.2. The van der Waals surface area contributed by atoms with E-state index in [0.29, 0.717) is 23.5 Å². The van der Waals surface area contributed by atoms with E-state index in [2.05, 4.69) is 72.7 Å². The minimum absolute atomic E-state index is 0.113. The van der Waals surface area contributed by atoms with Gasteiger partial charge in [-0.25, -0.2) is 0 Å². The van der Waals surface area contributed by atoms with Crippen molar-refractivity contribution in [3.05, 3.63) is 52.1 Å². The third kappa shape index (κ3) is 4.84. The summed E-state index contributed by atoms with van der Waals surface area (Å²) in [4.78, 5) is 0. The van der Waals surface area contributed by atoms with Gasteiger partial charge in [0.05, 0.1) is 0 Å². The van der Waals surface area contributed by atoms with Crippen LogP contribution in [-0.4, -0.2) is 38.4 Å². The van der Waals surface area contributed by atoms with Crippen LogP contribution < -0.4 is 9.20 Å². The van der Waals surface area contributed by atoms with Gasteiger partial charge >= 0.3 is 237 Å². The Bertz CT molecular complexity index is 1170. The van der Waals surface area contributed by atoms with E-state index in [9.17, 15) is 10.2 Å². The van der Waals surface area contributed by atoms with E-state index in [1.54, 1.807) is 5.56 Å². The van der Waals surface area contributed by atoms with Crippen LogP contribution in [0.4, 0.5) is 0 Å². The zero-order valence-electron chi connectivity index (χ0n) is 24.8. The summed E-state index contributed by atoms with van der Waals surface area (Å²) in [6, 6.07) is 9.33. The van der Waals surface area contributed by atoms with Gasteiger partial charge in [-0.1, -0.05) is 0 Å². The van der Waals surface area contributed by atoms with Crippen LogP contribution >= 0.6 is 0 Å². The number of aliphatic hydroxyl groups is 1. The van der Waals surface area contributed by atoms with Gasteiger partial charge in [-0.15, -0.1) is 0 Å². The van der Waals surface area contributed by atoms with Gasteiger partial charge in [0.1, 0.15) is 0 Å². The first-order chi connectivity index (χ1) is 17.7. The van der Waals surface area contributed by atoms with Crippen LogP contribution in [0, 0.1) is 17.3 Å². The molecule has 2 saturated carbocycles. The van der Waals surface area contributed by atoms with Crippen molar-refractivity contribution in [1.82, 2.24) is 0 Å². The number of rotatable bonds is 4. The molecule has 0 spiro atoms. The molecule has 208 valence electrons. The second kappa shape index (κ2) is 9.86. The molecular formula is C34H48O3Se. The van der Waals surface area contributed by atoms with Gasteiger partial charge in [-0.3, -0.25) is 0 Å². The van der Waals surface area contributed by atoms with E-state index in [0.717, 1.165) is 41.5 Å². The molecule has 4 heteroatoms. The molecule has 3 nitrogen and oxygen atoms in total. The second-order valence-electron chi connectivity index (χ2n) is 14.6. The molecule has 38 heavy (non-hydrogen) atoms. The van der Waals surface area contributed by atoms with E-state index in [1.807, 2.05) is 7.11 Å². The van der Waals surface area contributed by atoms with Crippen LogP contribution in [0.1, 0.15) is 114 Å². The summed E-state index contributed by atoms with van der Waals surface area (Å²) < 4.78 is 7.29. The number of methoxy groups -OCH3 is 1. The molecule has 5 rings (SSSR count). The van der Waals surface area contributed by atoms with E-state index in [1.165, 1.54) is 34.9 Å². The first-order valence-corrected chi connectivity index (χ1v) is 16.7. The summed E-state index contributed by atoms with van der Waals surface area (Å²) >= 11 is 0.226. The average molecular weight is 584 g/mol. The number of phenols is 1. The molecule has 5 atom stereocenters. The van der Waals surface area contributed by atoms with Gasteiger partial charge in [0, 0.05) is 0 Å². The van der Waals surface area contributed by atoms with E-state index in [-0.39, 0.29) is 37.3 Å². The minimum atomic E-state index is -0.120. The van der Waals surface area contributed by atoms with Gasteiger partial charge < -0.3 is 0 Å². The summed E-state index contributed by atoms with van der Waals surface area (Å²) in [6.07, 6.45) is 6.76. The van der Waals surface area contributed by atoms with Gasteiger partial charge in [-0.2, -0.15) is 0 Å². The first-order valence-electron chi connectivity index (χ1n) is 14.6. The summed E-state index contributed by atoms with van der Waals surface area (Å²) in [5.74, 6) is 3.47. The Balaban J connectivity index is 1.46. The number of fused-ring (bicyclic) bond motifs is 5. The van der Waals surface area contributed by atoms with Crippen molar-refractivity contribution >= 4 is 19.4 Å². The third-order valence-corrected chi connectivity index (χ3v) is 12.3. The monoisotopic (exact) mass is 584 g/mol. The number of aryl methyl sites for hydroxylation is 1. The van der Waals surface area contributed by atoms with Crippen molar-refractivity contribution in [2.24, 2.45) is 17.3 Å². The predicted molar refractivity (Wildman–Crippen MR) is 158 cm³/mol. The first kappa shape index (κ1) is 28.1. The molecule has 0 heterocycles. The van der Waals surface area contributed by atoms with E-state index in [4.69, 9.17) is 4.74 Å². The molecule has 0 amide bonds. The topological polar surface area (TPSA) is 49.7 Å². The summed E-state index contributed by atoms with van der Waals surface area (Å²) in [7, 11) is 1.81. The van der Waals surface area contributed by atoms with Crippen LogP contribution in [0.2, 0.25) is 0 Å². The van der Waals surface area contributed by atoms with Gasteiger partial charge in [0.2, 0.25) is 0 Å². The summed E-state index contributed by atoms with van der Waals surface area (Å²) in [6.45, 7) is 15.5. The van der Waals surface area contributed by atoms with Gasteiger partial charge in [0.15, 0.2) is 0 Å². The van der Waals surface area contributed by atoms with Crippen molar-refractivity contribution in [3.8, 4) is 11.5 Å². The molecule has 0 unspecified atom stereocenters. The number of phenolic OH excluding ortho intramolecular Hbond substituents is 1. The van der Waals surface area contributed by atoms with Crippen LogP contribution in [0.25, 0.3) is 0 Å². The Morgan fingerprint density at radius 2 is 1.61 bits per heavy atom. The van der Waals surface area contributed by atoms with Crippen molar-refractivity contribution in [2.75, 3.05) is 7.11 Å². The number of ether oxygens (including phenoxy) is 1. The van der Waals surface area contributed by atoms with E-state index < -0.39 is 0 Å². The van der Waals surface area contributed by atoms with Gasteiger partial charge in [0.25, 0.3) is 0 Å². The van der Waals surface area contributed by atoms with E-state index >= 15 is 0 Å². The maximum absolute atomic E-state index is 11.2. The third-order valence-electron chi connectivity index (χ3n) is 10.2. The predicted octanol–water partition coefficient (Wildman–Crippen LogP) is 6.74. The molecule has 0 aliphatic heterocycles. The van der Waals surface area contributed by atoms with Crippen LogP contribution in [0.5, 0.6) is 11.5 Å². The fourth-order valence-electron chi connectivity index (χ4n) is 7.92. The zero-order chi connectivity index (χ0) is 27.6. The quantitative estimate of drug-likeness (QED) is 0.392. The molecule has 2 aromatic carbocycles. The van der Waals surface area contributed by atoms with Crippen LogP contribution in [0.3, 0.4) is 0 Å². The van der Waals surface area contributed by atoms with Gasteiger partial charge in [-0.05, 0) is 0 Å². The van der Waals surface area contributed by atoms with Crippen molar-refractivity contribution in [3.63, 3.8) is 0 Å². The molecule has 2 fully saturated rings. The Labute approximate surface area is 236 Å². The Morgan fingerprint density at radius 1 is 0.947 bits per heavy atom. The van der Waals surface area contributed by atoms with Crippen molar-refractivity contribution < 1.29 is 14.9 Å². The summed E-state index contributed by atoms with van der Waals surface area (Å²) in [5.41, 5.74) is 6.36. The molecule has 0 radical (unpaired) electrons. The number of hydrogen-bond acceptors (Lipinski definition) is 3. The molecule has 0 aromatic heterocycles. The Kier molecular flexibility index (Phi) is 7.28. The molecule has 2 aromatic rings. The summed E-state index contributed by atoms with van der Waals surface area (Å²) in [5, 5.41) is 22.9. The Morgan fingerprint density at radius 3 is 2.21 bits per heavy atom. The zero-order valence-corrected chi connectivity index (χ0v) is 26.5. The van der Waals surface area contributed by atoms with Crippen molar-refractivity contribution in [2.45, 2.75) is 115 Å². The molecule has 2 N–H and O–H groups in total. The molecule has 3 aliphatic carbocycles. The van der Waals surface area contributed by atoms with Crippen LogP contribution in [0.15, 0.2) is 24.3 Å².